The summed E-state index contributed by atoms with van der Waals surface area (Å²) in [6.07, 6.45) is -0.166. The van der Waals surface area contributed by atoms with Crippen LogP contribution in [0, 0.1) is 6.92 Å². The van der Waals surface area contributed by atoms with Crippen molar-refractivity contribution in [1.29, 1.82) is 0 Å². The summed E-state index contributed by atoms with van der Waals surface area (Å²) in [7, 11) is 0. The van der Waals surface area contributed by atoms with E-state index in [-0.39, 0.29) is 13.0 Å². The smallest absolute Gasteiger partial charge is 0.330 e. The second-order valence-electron chi connectivity index (χ2n) is 5.75. The fraction of sp³-hybridized carbons (Fsp3) is 0.714. The molecule has 0 bridgehead atoms. The van der Waals surface area contributed by atoms with Crippen LogP contribution in [0.1, 0.15) is 18.2 Å². The number of H-pyrrole nitrogens is 1. The summed E-state index contributed by atoms with van der Waals surface area (Å²) in [6, 6.07) is 0. The molecule has 0 unspecified atom stereocenters. The van der Waals surface area contributed by atoms with Gasteiger partial charge in [-0.05, 0) is 6.92 Å². The molecule has 0 aromatic carbocycles. The van der Waals surface area contributed by atoms with Gasteiger partial charge in [-0.25, -0.2) is 4.79 Å². The summed E-state index contributed by atoms with van der Waals surface area (Å²) >= 11 is 0. The molecule has 1 aromatic heterocycles. The lowest BCUT2D eigenvalue weighted by Gasteiger charge is -2.27. The molecule has 2 aliphatic heterocycles. The molecule has 0 spiro atoms. The first-order valence-corrected chi connectivity index (χ1v) is 7.66. The third kappa shape index (κ3) is 3.70. The Balaban J connectivity index is 1.63. The number of aliphatic hydroxyl groups is 1. The Kier molecular flexibility index (Phi) is 4.93. The van der Waals surface area contributed by atoms with Gasteiger partial charge in [0, 0.05) is 31.3 Å². The summed E-state index contributed by atoms with van der Waals surface area (Å²) in [5.74, 6) is 0. The molecule has 1 aromatic rings. The molecular weight excluding hydrogens is 306 g/mol. The van der Waals surface area contributed by atoms with Gasteiger partial charge in [-0.1, -0.05) is 0 Å². The van der Waals surface area contributed by atoms with E-state index in [1.807, 2.05) is 0 Å². The van der Waals surface area contributed by atoms with E-state index in [0.717, 1.165) is 0 Å². The molecule has 0 saturated carbocycles. The van der Waals surface area contributed by atoms with Gasteiger partial charge in [-0.2, -0.15) is 5.06 Å². The van der Waals surface area contributed by atoms with Gasteiger partial charge in [0.2, 0.25) is 0 Å². The minimum absolute atomic E-state index is 0.203. The molecule has 0 radical (unpaired) electrons. The highest BCUT2D eigenvalue weighted by Gasteiger charge is 2.36. The monoisotopic (exact) mass is 327 g/mol. The normalized spacial score (nSPS) is 29.0. The van der Waals surface area contributed by atoms with Gasteiger partial charge >= 0.3 is 5.69 Å². The van der Waals surface area contributed by atoms with E-state index in [1.54, 1.807) is 12.0 Å². The number of nitrogens with zero attached hydrogens (tertiary/aromatic N) is 2. The van der Waals surface area contributed by atoms with Gasteiger partial charge in [0.1, 0.15) is 12.3 Å². The van der Waals surface area contributed by atoms with Crippen LogP contribution >= 0.6 is 0 Å². The highest BCUT2D eigenvalue weighted by atomic mass is 16.7. The molecule has 0 amide bonds. The Hall–Kier alpha value is -1.52. The van der Waals surface area contributed by atoms with Crippen LogP contribution in [0.3, 0.4) is 0 Å². The minimum Gasteiger partial charge on any atom is -0.390 e. The van der Waals surface area contributed by atoms with E-state index in [0.29, 0.717) is 31.9 Å². The first-order chi connectivity index (χ1) is 11.0. The molecule has 3 atom stereocenters. The van der Waals surface area contributed by atoms with Crippen LogP contribution in [0.5, 0.6) is 0 Å². The Bertz CT molecular complexity index is 651. The topological polar surface area (TPSA) is 106 Å². The lowest BCUT2D eigenvalue weighted by atomic mass is 10.2. The standard InChI is InChI=1S/C14H21N3O6/c1-9-7-17(14(20)15-13(9)19)12-6-10(18)11(23-12)8-22-16-2-4-21-5-3-16/h7,10-12,18H,2-6,8H2,1H3,(H,15,19,20)/t10-,11+,12+/m0/s1. The number of nitrogens with one attached hydrogen (secondary N) is 1. The molecular formula is C14H21N3O6. The zero-order chi connectivity index (χ0) is 16.4. The second kappa shape index (κ2) is 6.93. The largest absolute Gasteiger partial charge is 0.390 e. The zero-order valence-corrected chi connectivity index (χ0v) is 12.9. The summed E-state index contributed by atoms with van der Waals surface area (Å²) in [5, 5.41) is 11.9. The molecule has 23 heavy (non-hydrogen) atoms. The molecule has 9 nitrogen and oxygen atoms in total. The average Bonchev–Trinajstić information content (AvgIpc) is 2.91. The molecule has 0 aliphatic carbocycles. The highest BCUT2D eigenvalue weighted by molar-refractivity contribution is 5.02. The fourth-order valence-corrected chi connectivity index (χ4v) is 2.69. The summed E-state index contributed by atoms with van der Waals surface area (Å²) in [4.78, 5) is 31.2. The Morgan fingerprint density at radius 1 is 1.39 bits per heavy atom. The predicted molar refractivity (Wildman–Crippen MR) is 78.9 cm³/mol. The van der Waals surface area contributed by atoms with E-state index >= 15 is 0 Å². The fourth-order valence-electron chi connectivity index (χ4n) is 2.69. The molecule has 2 aliphatic rings. The van der Waals surface area contributed by atoms with Crippen molar-refractivity contribution in [1.82, 2.24) is 14.6 Å². The molecule has 9 heteroatoms. The van der Waals surface area contributed by atoms with Crippen molar-refractivity contribution in [2.75, 3.05) is 32.9 Å². The number of aryl methyl sites for hydroxylation is 1. The van der Waals surface area contributed by atoms with Crippen molar-refractivity contribution in [3.05, 3.63) is 32.6 Å². The number of hydrogen-bond donors (Lipinski definition) is 2. The number of aromatic amines is 1. The molecule has 2 N–H and O–H groups in total. The maximum atomic E-state index is 11.9. The second-order valence-corrected chi connectivity index (χ2v) is 5.75. The third-order valence-corrected chi connectivity index (χ3v) is 4.05. The van der Waals surface area contributed by atoms with E-state index in [9.17, 15) is 14.7 Å². The van der Waals surface area contributed by atoms with Gasteiger partial charge < -0.3 is 14.6 Å². The van der Waals surface area contributed by atoms with Crippen LogP contribution in [-0.2, 0) is 14.3 Å². The molecule has 128 valence electrons. The number of ether oxygens (including phenoxy) is 2. The lowest BCUT2D eigenvalue weighted by molar-refractivity contribution is -0.217. The quantitative estimate of drug-likeness (QED) is 0.712. The summed E-state index contributed by atoms with van der Waals surface area (Å²) in [6.45, 7) is 4.38. The predicted octanol–water partition coefficient (Wildman–Crippen LogP) is -1.24. The van der Waals surface area contributed by atoms with Gasteiger partial charge in [0.15, 0.2) is 0 Å². The lowest BCUT2D eigenvalue weighted by Crippen LogP contribution is -2.39. The van der Waals surface area contributed by atoms with Gasteiger partial charge in [0.25, 0.3) is 5.56 Å². The zero-order valence-electron chi connectivity index (χ0n) is 12.9. The molecule has 2 saturated heterocycles. The van der Waals surface area contributed by atoms with E-state index in [4.69, 9.17) is 14.3 Å². The van der Waals surface area contributed by atoms with E-state index in [1.165, 1.54) is 10.8 Å². The van der Waals surface area contributed by atoms with Crippen LogP contribution in [0.4, 0.5) is 0 Å². The van der Waals surface area contributed by atoms with Crippen LogP contribution in [0.15, 0.2) is 15.8 Å². The van der Waals surface area contributed by atoms with E-state index in [2.05, 4.69) is 4.98 Å². The number of hydroxylamine groups is 2. The van der Waals surface area contributed by atoms with Crippen LogP contribution in [0.2, 0.25) is 0 Å². The Morgan fingerprint density at radius 3 is 2.87 bits per heavy atom. The summed E-state index contributed by atoms with van der Waals surface area (Å²) < 4.78 is 12.3. The number of aromatic nitrogens is 2. The van der Waals surface area contributed by atoms with Crippen molar-refractivity contribution < 1.29 is 19.4 Å². The van der Waals surface area contributed by atoms with Crippen LogP contribution < -0.4 is 11.2 Å². The average molecular weight is 327 g/mol. The Morgan fingerprint density at radius 2 is 2.13 bits per heavy atom. The number of hydrogen-bond acceptors (Lipinski definition) is 7. The van der Waals surface area contributed by atoms with Crippen molar-refractivity contribution in [3.63, 3.8) is 0 Å². The van der Waals surface area contributed by atoms with Crippen molar-refractivity contribution in [2.45, 2.75) is 31.8 Å². The van der Waals surface area contributed by atoms with Gasteiger partial charge in [-0.3, -0.25) is 19.2 Å². The minimum atomic E-state index is -0.736. The maximum absolute atomic E-state index is 11.9. The number of morpholine rings is 1. The van der Waals surface area contributed by atoms with Crippen molar-refractivity contribution >= 4 is 0 Å². The van der Waals surface area contributed by atoms with Crippen LogP contribution in [-0.4, -0.2) is 64.8 Å². The maximum Gasteiger partial charge on any atom is 0.330 e. The van der Waals surface area contributed by atoms with Crippen molar-refractivity contribution in [3.8, 4) is 0 Å². The number of aliphatic hydroxyl groups excluding tert-OH is 1. The van der Waals surface area contributed by atoms with Crippen LogP contribution in [0.25, 0.3) is 0 Å². The van der Waals surface area contributed by atoms with Crippen molar-refractivity contribution in [2.24, 2.45) is 0 Å². The highest BCUT2D eigenvalue weighted by Crippen LogP contribution is 2.28. The Labute approximate surface area is 132 Å². The van der Waals surface area contributed by atoms with Gasteiger partial charge in [-0.15, -0.1) is 0 Å². The van der Waals surface area contributed by atoms with Gasteiger partial charge in [0.05, 0.1) is 25.9 Å². The molecule has 3 rings (SSSR count). The SMILES string of the molecule is Cc1cn([C@H]2C[C@H](O)[C@@H](CON3CCOCC3)O2)c(=O)[nH]c1=O. The molecule has 2 fully saturated rings. The van der Waals surface area contributed by atoms with E-state index < -0.39 is 29.7 Å². The third-order valence-electron chi connectivity index (χ3n) is 4.05. The first kappa shape index (κ1) is 16.3. The summed E-state index contributed by atoms with van der Waals surface area (Å²) in [5.41, 5.74) is -0.555. The first-order valence-electron chi connectivity index (χ1n) is 7.66. The molecule has 3 heterocycles. The number of rotatable bonds is 4.